The smallest absolute Gasteiger partial charge is 0.143 e. The molecule has 1 aromatic heterocycles. The van der Waals surface area contributed by atoms with Crippen LogP contribution in [-0.4, -0.2) is 0 Å². The van der Waals surface area contributed by atoms with E-state index in [9.17, 15) is 5.48 Å². The number of rotatable bonds is 5. The van der Waals surface area contributed by atoms with Crippen LogP contribution in [0.5, 0.6) is 0 Å². The van der Waals surface area contributed by atoms with Gasteiger partial charge in [-0.2, -0.15) is 0 Å². The molecule has 0 bridgehead atoms. The first-order valence-corrected chi connectivity index (χ1v) is 14.2. The fraction of sp³-hybridized carbons (Fsp3) is 0. The Balaban J connectivity index is 1.58. The van der Waals surface area contributed by atoms with Gasteiger partial charge >= 0.3 is 0 Å². The third-order valence-electron chi connectivity index (χ3n) is 7.77. The summed E-state index contributed by atoms with van der Waals surface area (Å²) in [6, 6.07) is -7.15. The van der Waals surface area contributed by atoms with Gasteiger partial charge in [0.1, 0.15) is 11.3 Å². The molecule has 0 aliphatic rings. The van der Waals surface area contributed by atoms with Gasteiger partial charge in [0.2, 0.25) is 0 Å². The van der Waals surface area contributed by atoms with Crippen LogP contribution in [0.25, 0.3) is 88.3 Å². The Bertz CT molecular complexity index is 3710. The van der Waals surface area contributed by atoms with Crippen LogP contribution in [0, 0.1) is 0 Å². The van der Waals surface area contributed by atoms with Gasteiger partial charge in [0.05, 0.1) is 31.5 Å². The van der Waals surface area contributed by atoms with Crippen LogP contribution >= 0.6 is 0 Å². The lowest BCUT2D eigenvalue weighted by Gasteiger charge is -2.18. The summed E-state index contributed by atoms with van der Waals surface area (Å²) in [6.07, 6.45) is 0. The van der Waals surface area contributed by atoms with Gasteiger partial charge in [0, 0.05) is 22.1 Å². The summed E-state index contributed by atoms with van der Waals surface area (Å²) < 4.78 is 209. The molecule has 9 rings (SSSR count). The maximum atomic E-state index is 9.57. The Hall–Kier alpha value is -6.18. The first kappa shape index (κ1) is 12.5. The van der Waals surface area contributed by atoms with Gasteiger partial charge in [0.25, 0.3) is 0 Å². The van der Waals surface area contributed by atoms with Crippen molar-refractivity contribution in [3.05, 3.63) is 181 Å². The standard InChI is InChI=1S/C46H30O/c1-4-15-31(16-5-1)34-21-14-22-36(29-34)46-45(41-30-35(27-28-42(41)47-46)32-17-6-2-7-18-32)44-39-25-12-10-23-37(39)43(33-19-8-3-9-20-33)38-24-11-13-26-40(38)44/h1-30H/i1D,2D,3D,4D,5D,6D,7D,8D,9D,10D,11D,12D,13D,15D,16D,17D,18D,19D,20D,23D,24D,25D,26D. The Labute approximate surface area is 306 Å². The highest BCUT2D eigenvalue weighted by atomic mass is 16.3. The zero-order valence-corrected chi connectivity index (χ0v) is 23.9. The van der Waals surface area contributed by atoms with Gasteiger partial charge in [-0.1, -0.05) is 163 Å². The van der Waals surface area contributed by atoms with E-state index < -0.39 is 172 Å². The molecule has 0 fully saturated rings. The van der Waals surface area contributed by atoms with Gasteiger partial charge in [-0.25, -0.2) is 0 Å². The summed E-state index contributed by atoms with van der Waals surface area (Å²) in [5.41, 5.74) is -2.02. The van der Waals surface area contributed by atoms with Crippen molar-refractivity contribution in [1.29, 1.82) is 0 Å². The van der Waals surface area contributed by atoms with E-state index in [1.54, 1.807) is 0 Å². The molecule has 0 saturated carbocycles. The molecule has 1 nitrogen and oxygen atoms in total. The maximum absolute atomic E-state index is 9.57. The van der Waals surface area contributed by atoms with Crippen LogP contribution in [0.4, 0.5) is 0 Å². The van der Waals surface area contributed by atoms with E-state index in [-0.39, 0.29) is 55.7 Å². The van der Waals surface area contributed by atoms with E-state index in [4.69, 9.17) is 30.5 Å². The number of benzene rings is 8. The molecule has 8 aromatic carbocycles. The lowest BCUT2D eigenvalue weighted by molar-refractivity contribution is 0.632. The maximum Gasteiger partial charge on any atom is 0.143 e. The Morgan fingerprint density at radius 1 is 0.340 bits per heavy atom. The van der Waals surface area contributed by atoms with E-state index in [1.807, 2.05) is 0 Å². The molecule has 0 amide bonds. The van der Waals surface area contributed by atoms with Crippen molar-refractivity contribution < 1.29 is 35.9 Å². The summed E-state index contributed by atoms with van der Waals surface area (Å²) in [5, 5.41) is -1.99. The Morgan fingerprint density at radius 2 is 0.809 bits per heavy atom. The van der Waals surface area contributed by atoms with Crippen LogP contribution in [0.15, 0.2) is 186 Å². The van der Waals surface area contributed by atoms with Crippen LogP contribution < -0.4 is 0 Å². The van der Waals surface area contributed by atoms with E-state index in [0.29, 0.717) is 0 Å². The fourth-order valence-corrected chi connectivity index (χ4v) is 5.81. The average molecular weight is 622 g/mol. The number of hydrogen-bond donors (Lipinski definition) is 0. The second kappa shape index (κ2) is 11.3. The number of fused-ring (bicyclic) bond motifs is 3. The summed E-state index contributed by atoms with van der Waals surface area (Å²) in [6.45, 7) is 0. The molecule has 1 heterocycles. The molecule has 0 spiro atoms. The molecule has 47 heavy (non-hydrogen) atoms. The quantitative estimate of drug-likeness (QED) is 0.174. The van der Waals surface area contributed by atoms with Crippen molar-refractivity contribution in [3.8, 4) is 55.8 Å². The SMILES string of the molecule is [2H]c1c([2H])c([2H])c(-c2cccc(-c3oc4ccc(-c5c([2H])c([2H])c([2H])c([2H])c5[2H])cc4c3-c3c4c([2H])c([2H])c([2H])c([2H])c4c(-c4c([2H])c([2H])c([2H])c([2H])c4[2H])c4c([2H])c([2H])c([2H])c([2H])c34)c2)c([2H])c1[2H]. The molecule has 0 unspecified atom stereocenters. The van der Waals surface area contributed by atoms with E-state index >= 15 is 0 Å². The highest BCUT2D eigenvalue weighted by molar-refractivity contribution is 6.25. The van der Waals surface area contributed by atoms with Crippen LogP contribution in [0.1, 0.15) is 31.5 Å². The molecule has 0 saturated heterocycles. The van der Waals surface area contributed by atoms with Crippen molar-refractivity contribution >= 4 is 32.5 Å². The minimum absolute atomic E-state index is 0.00879. The molecule has 0 radical (unpaired) electrons. The first-order chi connectivity index (χ1) is 32.9. The molecule has 0 atom stereocenters. The van der Waals surface area contributed by atoms with Gasteiger partial charge in [-0.05, 0) is 73.1 Å². The number of hydrogen-bond acceptors (Lipinski definition) is 1. The normalized spacial score (nSPS) is 18.3. The minimum Gasteiger partial charge on any atom is -0.455 e. The highest BCUT2D eigenvalue weighted by Gasteiger charge is 2.24. The van der Waals surface area contributed by atoms with Crippen molar-refractivity contribution in [2.24, 2.45) is 0 Å². The van der Waals surface area contributed by atoms with Crippen molar-refractivity contribution in [2.75, 3.05) is 0 Å². The third kappa shape index (κ3) is 4.64. The van der Waals surface area contributed by atoms with E-state index in [1.165, 1.54) is 42.5 Å². The van der Waals surface area contributed by atoms with E-state index in [2.05, 4.69) is 0 Å². The predicted octanol–water partition coefficient (Wildman–Crippen LogP) is 13.1. The molecule has 0 aliphatic heterocycles. The molecular formula is C46H30O. The third-order valence-corrected chi connectivity index (χ3v) is 7.77. The zero-order chi connectivity index (χ0) is 51.2. The molecule has 1 heteroatoms. The molecule has 0 N–H and O–H groups in total. The van der Waals surface area contributed by atoms with Crippen LogP contribution in [-0.2, 0) is 0 Å². The van der Waals surface area contributed by atoms with Crippen molar-refractivity contribution in [3.63, 3.8) is 0 Å². The fourth-order valence-electron chi connectivity index (χ4n) is 5.81. The largest absolute Gasteiger partial charge is 0.455 e. The van der Waals surface area contributed by atoms with Gasteiger partial charge in [0.15, 0.2) is 0 Å². The van der Waals surface area contributed by atoms with E-state index in [0.717, 1.165) is 0 Å². The van der Waals surface area contributed by atoms with Gasteiger partial charge in [-0.3, -0.25) is 0 Å². The lowest BCUT2D eigenvalue weighted by atomic mass is 9.84. The van der Waals surface area contributed by atoms with Crippen LogP contribution in [0.3, 0.4) is 0 Å². The molecule has 0 aliphatic carbocycles. The predicted molar refractivity (Wildman–Crippen MR) is 198 cm³/mol. The second-order valence-electron chi connectivity index (χ2n) is 10.3. The molecular weight excluding hydrogens is 569 g/mol. The minimum atomic E-state index is -0.858. The average Bonchev–Trinajstić information content (AvgIpc) is 3.73. The Morgan fingerprint density at radius 3 is 1.38 bits per heavy atom. The Kier molecular flexibility index (Phi) is 3.02. The van der Waals surface area contributed by atoms with Gasteiger partial charge in [-0.15, -0.1) is 0 Å². The summed E-state index contributed by atoms with van der Waals surface area (Å²) >= 11 is 0. The highest BCUT2D eigenvalue weighted by Crippen LogP contribution is 2.50. The summed E-state index contributed by atoms with van der Waals surface area (Å²) in [4.78, 5) is 0. The van der Waals surface area contributed by atoms with Crippen molar-refractivity contribution in [2.45, 2.75) is 0 Å². The van der Waals surface area contributed by atoms with Gasteiger partial charge < -0.3 is 4.42 Å². The number of furan rings is 1. The van der Waals surface area contributed by atoms with Crippen molar-refractivity contribution in [1.82, 2.24) is 0 Å². The second-order valence-corrected chi connectivity index (χ2v) is 10.3. The topological polar surface area (TPSA) is 13.1 Å². The lowest BCUT2D eigenvalue weighted by Crippen LogP contribution is -1.91. The molecule has 9 aromatic rings. The van der Waals surface area contributed by atoms with Crippen LogP contribution in [0.2, 0.25) is 0 Å². The monoisotopic (exact) mass is 621 g/mol. The summed E-state index contributed by atoms with van der Waals surface area (Å²) in [5.74, 6) is -0.194. The zero-order valence-electron chi connectivity index (χ0n) is 46.9. The molecule has 220 valence electrons. The summed E-state index contributed by atoms with van der Waals surface area (Å²) in [7, 11) is 0. The first-order valence-electron chi connectivity index (χ1n) is 25.7.